The smallest absolute Gasteiger partial charge is 0.0693 e. The van der Waals surface area contributed by atoms with Crippen LogP contribution in [0.1, 0.15) is 26.2 Å². The Labute approximate surface area is 86.5 Å². The predicted molar refractivity (Wildman–Crippen MR) is 57.3 cm³/mol. The molecule has 3 heteroatoms. The summed E-state index contributed by atoms with van der Waals surface area (Å²) < 4.78 is 0. The predicted octanol–water partition coefficient (Wildman–Crippen LogP) is 0.441. The highest BCUT2D eigenvalue weighted by molar-refractivity contribution is 4.82. The molecule has 1 aliphatic carbocycles. The van der Waals surface area contributed by atoms with Gasteiger partial charge in [0.05, 0.1) is 6.10 Å². The van der Waals surface area contributed by atoms with Gasteiger partial charge >= 0.3 is 0 Å². The number of aliphatic hydroxyl groups excluding tert-OH is 1. The minimum atomic E-state index is -0.107. The molecule has 2 aliphatic rings. The molecule has 1 aliphatic heterocycles. The zero-order valence-electron chi connectivity index (χ0n) is 9.08. The molecule has 0 amide bonds. The van der Waals surface area contributed by atoms with E-state index in [9.17, 15) is 5.11 Å². The fraction of sp³-hybridized carbons (Fsp3) is 1.00. The fourth-order valence-corrected chi connectivity index (χ4v) is 2.03. The van der Waals surface area contributed by atoms with Crippen LogP contribution in [0.5, 0.6) is 0 Å². The van der Waals surface area contributed by atoms with E-state index in [0.29, 0.717) is 5.92 Å². The third-order valence-electron chi connectivity index (χ3n) is 3.44. The van der Waals surface area contributed by atoms with Crippen LogP contribution in [-0.4, -0.2) is 48.3 Å². The van der Waals surface area contributed by atoms with Crippen molar-refractivity contribution in [3.05, 3.63) is 0 Å². The summed E-state index contributed by atoms with van der Waals surface area (Å²) in [6.45, 7) is 6.36. The summed E-state index contributed by atoms with van der Waals surface area (Å²) in [5.74, 6) is 0.489. The van der Waals surface area contributed by atoms with E-state index in [1.807, 2.05) is 0 Å². The lowest BCUT2D eigenvalue weighted by atomic mass is 9.96. The maximum Gasteiger partial charge on any atom is 0.0693 e. The van der Waals surface area contributed by atoms with E-state index in [0.717, 1.165) is 38.6 Å². The third-order valence-corrected chi connectivity index (χ3v) is 3.44. The van der Waals surface area contributed by atoms with Gasteiger partial charge in [0.1, 0.15) is 0 Å². The summed E-state index contributed by atoms with van der Waals surface area (Å²) in [6, 6.07) is 0.809. The Morgan fingerprint density at radius 1 is 1.36 bits per heavy atom. The minimum Gasteiger partial charge on any atom is -0.392 e. The van der Waals surface area contributed by atoms with Crippen molar-refractivity contribution in [2.45, 2.75) is 38.3 Å². The Morgan fingerprint density at radius 3 is 2.79 bits per heavy atom. The number of β-amino-alcohol motifs (C(OH)–C–C–N with tert-alkyl or cyclic N) is 1. The molecule has 0 aromatic heterocycles. The highest BCUT2D eigenvalue weighted by Crippen LogP contribution is 2.19. The second-order valence-corrected chi connectivity index (χ2v) is 4.86. The van der Waals surface area contributed by atoms with Gasteiger partial charge in [0.25, 0.3) is 0 Å². The summed E-state index contributed by atoms with van der Waals surface area (Å²) in [4.78, 5) is 2.38. The van der Waals surface area contributed by atoms with Gasteiger partial charge < -0.3 is 10.4 Å². The molecule has 3 nitrogen and oxygen atoms in total. The van der Waals surface area contributed by atoms with E-state index >= 15 is 0 Å². The number of hydrogen-bond donors (Lipinski definition) is 2. The Hall–Kier alpha value is -0.120. The van der Waals surface area contributed by atoms with Crippen molar-refractivity contribution in [2.75, 3.05) is 26.2 Å². The highest BCUT2D eigenvalue weighted by atomic mass is 16.3. The average molecular weight is 198 g/mol. The monoisotopic (exact) mass is 198 g/mol. The van der Waals surface area contributed by atoms with Crippen molar-refractivity contribution in [2.24, 2.45) is 5.92 Å². The Bertz CT molecular complexity index is 182. The van der Waals surface area contributed by atoms with E-state index in [4.69, 9.17) is 0 Å². The molecule has 2 N–H and O–H groups in total. The van der Waals surface area contributed by atoms with Crippen LogP contribution < -0.4 is 5.32 Å². The molecule has 2 rings (SSSR count). The van der Waals surface area contributed by atoms with Gasteiger partial charge in [-0.1, -0.05) is 6.92 Å². The van der Waals surface area contributed by atoms with Crippen LogP contribution in [-0.2, 0) is 0 Å². The molecule has 2 atom stereocenters. The molecular weight excluding hydrogens is 176 g/mol. The largest absolute Gasteiger partial charge is 0.392 e. The molecule has 0 aromatic carbocycles. The molecule has 1 saturated carbocycles. The standard InChI is InChI=1S/C11H22N2O/c1-9-4-6-13(8-11(9)14)7-5-12-10-2-3-10/h9-12,14H,2-8H2,1H3. The molecular formula is C11H22N2O. The summed E-state index contributed by atoms with van der Waals surface area (Å²) in [5, 5.41) is 13.2. The van der Waals surface area contributed by atoms with Crippen LogP contribution >= 0.6 is 0 Å². The molecule has 14 heavy (non-hydrogen) atoms. The van der Waals surface area contributed by atoms with Crippen molar-refractivity contribution in [3.63, 3.8) is 0 Å². The lowest BCUT2D eigenvalue weighted by molar-refractivity contribution is 0.0298. The first kappa shape index (κ1) is 10.4. The van der Waals surface area contributed by atoms with Crippen LogP contribution in [0.2, 0.25) is 0 Å². The van der Waals surface area contributed by atoms with Crippen molar-refractivity contribution in [1.82, 2.24) is 10.2 Å². The molecule has 0 bridgehead atoms. The van der Waals surface area contributed by atoms with Crippen molar-refractivity contribution in [3.8, 4) is 0 Å². The van der Waals surface area contributed by atoms with Gasteiger partial charge in [0, 0.05) is 25.7 Å². The highest BCUT2D eigenvalue weighted by Gasteiger charge is 2.24. The van der Waals surface area contributed by atoms with Crippen LogP contribution in [0.25, 0.3) is 0 Å². The maximum atomic E-state index is 9.71. The van der Waals surface area contributed by atoms with Crippen LogP contribution in [0, 0.1) is 5.92 Å². The number of aliphatic hydroxyl groups is 1. The summed E-state index contributed by atoms with van der Waals surface area (Å²) in [7, 11) is 0. The lowest BCUT2D eigenvalue weighted by Crippen LogP contribution is -2.45. The first-order valence-corrected chi connectivity index (χ1v) is 5.89. The average Bonchev–Trinajstić information content (AvgIpc) is 2.95. The minimum absolute atomic E-state index is 0.107. The second-order valence-electron chi connectivity index (χ2n) is 4.86. The number of piperidine rings is 1. The van der Waals surface area contributed by atoms with Gasteiger partial charge in [-0.25, -0.2) is 0 Å². The number of hydrogen-bond acceptors (Lipinski definition) is 3. The van der Waals surface area contributed by atoms with Crippen LogP contribution in [0.3, 0.4) is 0 Å². The van der Waals surface area contributed by atoms with E-state index in [1.165, 1.54) is 12.8 Å². The van der Waals surface area contributed by atoms with Crippen LogP contribution in [0.4, 0.5) is 0 Å². The fourth-order valence-electron chi connectivity index (χ4n) is 2.03. The first-order valence-electron chi connectivity index (χ1n) is 5.89. The number of nitrogens with one attached hydrogen (secondary N) is 1. The summed E-state index contributed by atoms with van der Waals surface area (Å²) >= 11 is 0. The van der Waals surface area contributed by atoms with E-state index in [1.54, 1.807) is 0 Å². The third kappa shape index (κ3) is 2.94. The Morgan fingerprint density at radius 2 is 2.14 bits per heavy atom. The summed E-state index contributed by atoms with van der Waals surface area (Å²) in [6.07, 6.45) is 3.76. The SMILES string of the molecule is CC1CCN(CCNC2CC2)CC1O. The molecule has 2 unspecified atom stereocenters. The maximum absolute atomic E-state index is 9.71. The van der Waals surface area contributed by atoms with Crippen molar-refractivity contribution in [1.29, 1.82) is 0 Å². The van der Waals surface area contributed by atoms with E-state index < -0.39 is 0 Å². The number of rotatable bonds is 4. The zero-order chi connectivity index (χ0) is 9.97. The first-order chi connectivity index (χ1) is 6.75. The Balaban J connectivity index is 1.60. The van der Waals surface area contributed by atoms with Gasteiger partial charge in [-0.2, -0.15) is 0 Å². The van der Waals surface area contributed by atoms with Gasteiger partial charge in [-0.3, -0.25) is 4.90 Å². The van der Waals surface area contributed by atoms with Gasteiger partial charge in [0.2, 0.25) is 0 Å². The normalized spacial score (nSPS) is 34.7. The van der Waals surface area contributed by atoms with Gasteiger partial charge in [-0.15, -0.1) is 0 Å². The molecule has 0 aromatic rings. The quantitative estimate of drug-likeness (QED) is 0.688. The molecule has 82 valence electrons. The van der Waals surface area contributed by atoms with Gasteiger partial charge in [-0.05, 0) is 31.7 Å². The topological polar surface area (TPSA) is 35.5 Å². The molecule has 2 fully saturated rings. The lowest BCUT2D eigenvalue weighted by Gasteiger charge is -2.34. The Kier molecular flexibility index (Phi) is 3.42. The van der Waals surface area contributed by atoms with Crippen molar-refractivity contribution >= 4 is 0 Å². The second kappa shape index (κ2) is 4.60. The molecule has 0 radical (unpaired) electrons. The number of nitrogens with zero attached hydrogens (tertiary/aromatic N) is 1. The molecule has 1 saturated heterocycles. The molecule has 1 heterocycles. The van der Waals surface area contributed by atoms with Crippen molar-refractivity contribution < 1.29 is 5.11 Å². The molecule has 0 spiro atoms. The summed E-state index contributed by atoms with van der Waals surface area (Å²) in [5.41, 5.74) is 0. The van der Waals surface area contributed by atoms with E-state index in [-0.39, 0.29) is 6.10 Å². The van der Waals surface area contributed by atoms with E-state index in [2.05, 4.69) is 17.1 Å². The van der Waals surface area contributed by atoms with Crippen LogP contribution in [0.15, 0.2) is 0 Å². The van der Waals surface area contributed by atoms with Gasteiger partial charge in [0.15, 0.2) is 0 Å². The zero-order valence-corrected chi connectivity index (χ0v) is 9.08. The number of likely N-dealkylation sites (tertiary alicyclic amines) is 1.